The molecule has 4 aromatic carbocycles. The van der Waals surface area contributed by atoms with Crippen molar-refractivity contribution in [1.82, 2.24) is 10.6 Å². The zero-order valence-electron chi connectivity index (χ0n) is 55.2. The molecule has 502 valence electrons. The quantitative estimate of drug-likeness (QED) is 0.0153. The molecule has 1 aliphatic heterocycles. The average molecular weight is 1280 g/mol. The van der Waals surface area contributed by atoms with E-state index in [1.54, 1.807) is 107 Å². The molecule has 2 amide bonds. The van der Waals surface area contributed by atoms with Gasteiger partial charge in [-0.2, -0.15) is 0 Å². The first-order valence-corrected chi connectivity index (χ1v) is 33.6. The minimum Gasteiger partial charge on any atom is -0.459 e. The maximum Gasteiger partial charge on any atom is 0.350 e. The van der Waals surface area contributed by atoms with Crippen LogP contribution in [0.1, 0.15) is 208 Å². The molecule has 12 atom stereocenters. The third kappa shape index (κ3) is 16.7. The highest BCUT2D eigenvalue weighted by Crippen LogP contribution is 2.65. The number of esters is 5. The van der Waals surface area contributed by atoms with Gasteiger partial charge in [0.2, 0.25) is 12.0 Å². The number of amides is 2. The van der Waals surface area contributed by atoms with Gasteiger partial charge in [0.1, 0.15) is 48.4 Å². The molecule has 2 saturated carbocycles. The van der Waals surface area contributed by atoms with E-state index < -0.39 is 143 Å². The Morgan fingerprint density at radius 2 is 1.24 bits per heavy atom. The Balaban J connectivity index is 1.06. The molecule has 4 aliphatic rings. The van der Waals surface area contributed by atoms with Gasteiger partial charge in [-0.3, -0.25) is 24.0 Å². The number of ketones is 1. The molecule has 4 aromatic rings. The summed E-state index contributed by atoms with van der Waals surface area (Å²) in [5, 5.41) is 32.0. The number of aliphatic hydroxyl groups is 2. The largest absolute Gasteiger partial charge is 0.459 e. The molecule has 0 radical (unpaired) electrons. The lowest BCUT2D eigenvalue weighted by molar-refractivity contribution is -0.345. The molecule has 0 spiro atoms. The van der Waals surface area contributed by atoms with Gasteiger partial charge in [-0.15, -0.1) is 0 Å². The summed E-state index contributed by atoms with van der Waals surface area (Å²) in [5.74, 6) is -8.94. The second kappa shape index (κ2) is 32.5. The Kier molecular flexibility index (Phi) is 25.0. The monoisotopic (exact) mass is 1280 g/mol. The highest BCUT2D eigenvalue weighted by atomic mass is 16.6. The summed E-state index contributed by atoms with van der Waals surface area (Å²) in [5.41, 5.74) is -5.40. The zero-order chi connectivity index (χ0) is 66.9. The van der Waals surface area contributed by atoms with E-state index in [-0.39, 0.29) is 30.8 Å². The highest BCUT2D eigenvalue weighted by Gasteiger charge is 2.77. The minimum absolute atomic E-state index is 0.0112. The number of fused-ring (bicyclic) bond motifs is 5. The summed E-state index contributed by atoms with van der Waals surface area (Å²) in [6.07, 6.45) is 6.95. The van der Waals surface area contributed by atoms with Gasteiger partial charge in [0.05, 0.1) is 36.0 Å². The number of benzene rings is 4. The fraction of sp³-hybridized carbons (Fsp3) is 0.547. The first kappa shape index (κ1) is 71.3. The summed E-state index contributed by atoms with van der Waals surface area (Å²) in [7, 11) is 0. The molecular weight excluding hydrogens is 1180 g/mol. The van der Waals surface area contributed by atoms with E-state index in [9.17, 15) is 39.0 Å². The van der Waals surface area contributed by atoms with Crippen LogP contribution in [0.5, 0.6) is 0 Å². The van der Waals surface area contributed by atoms with Gasteiger partial charge in [-0.1, -0.05) is 215 Å². The van der Waals surface area contributed by atoms with E-state index in [1.165, 1.54) is 83.8 Å². The normalized spacial score (nSPS) is 25.4. The van der Waals surface area contributed by atoms with Crippen LogP contribution in [0.2, 0.25) is 0 Å². The van der Waals surface area contributed by atoms with Crippen LogP contribution < -0.4 is 10.6 Å². The van der Waals surface area contributed by atoms with Gasteiger partial charge in [0.25, 0.3) is 5.91 Å². The van der Waals surface area contributed by atoms with Crippen LogP contribution in [0.3, 0.4) is 0 Å². The van der Waals surface area contributed by atoms with E-state index >= 15 is 9.59 Å². The molecule has 18 nitrogen and oxygen atoms in total. The zero-order valence-corrected chi connectivity index (χ0v) is 55.2. The molecule has 1 heterocycles. The summed E-state index contributed by atoms with van der Waals surface area (Å²) in [6.45, 7) is 11.3. The van der Waals surface area contributed by atoms with Crippen molar-refractivity contribution < 1.29 is 77.0 Å². The number of hydrogen-bond acceptors (Lipinski definition) is 16. The van der Waals surface area contributed by atoms with E-state index in [0.29, 0.717) is 29.6 Å². The van der Waals surface area contributed by atoms with Gasteiger partial charge in [0, 0.05) is 43.1 Å². The van der Waals surface area contributed by atoms with E-state index in [2.05, 4.69) is 17.6 Å². The molecule has 93 heavy (non-hydrogen) atoms. The van der Waals surface area contributed by atoms with Crippen LogP contribution in [-0.2, 0) is 63.8 Å². The highest BCUT2D eigenvalue weighted by molar-refractivity contribution is 5.95. The number of nitrogens with one attached hydrogen (secondary N) is 2. The summed E-state index contributed by atoms with van der Waals surface area (Å²) in [4.78, 5) is 116. The van der Waals surface area contributed by atoms with Gasteiger partial charge in [-0.25, -0.2) is 14.4 Å². The van der Waals surface area contributed by atoms with Crippen molar-refractivity contribution in [1.29, 1.82) is 0 Å². The molecule has 4 N–H and O–H groups in total. The molecule has 1 saturated heterocycles. The lowest BCUT2D eigenvalue weighted by Gasteiger charge is -2.67. The smallest absolute Gasteiger partial charge is 0.350 e. The third-order valence-electron chi connectivity index (χ3n) is 20.0. The number of ether oxygens (including phenoxy) is 6. The maximum absolute atomic E-state index is 15.7. The molecule has 2 unspecified atom stereocenters. The number of carbonyl (C=O) groups excluding carboxylic acids is 8. The van der Waals surface area contributed by atoms with Crippen LogP contribution >= 0.6 is 0 Å². The van der Waals surface area contributed by atoms with Crippen LogP contribution in [0.25, 0.3) is 0 Å². The fourth-order valence-electron chi connectivity index (χ4n) is 14.8. The number of Topliss-reactive ketones (excluding diaryl/α,β-unsaturated/α-hetero) is 1. The SMILES string of the molecule is CCCCCCCCCCCCCCCCC(NC(=O)CCC(=O)O[C@@H](C(=O)O[C@H]1C[C@@]2(O)[C@@H](OC(=O)c3ccccc3)C3[C@](C)(C(=O)[C@H](C)C(=C1C)C2(C)C)[C@@H](O)C[C@H]1OC[C@@]31OC(C)=O)[C@@H](NC(=O)c1ccccc1)c1ccccc1)C(=O)OCc1ccccc1. The first-order valence-electron chi connectivity index (χ1n) is 33.6. The van der Waals surface area contributed by atoms with Crippen LogP contribution in [0.4, 0.5) is 0 Å². The summed E-state index contributed by atoms with van der Waals surface area (Å²) < 4.78 is 37.2. The standard InChI is InChI=1S/C75H96N2O16/c1-8-9-10-11-12-13-14-15-16-17-18-19-20-33-42-56(70(85)88-47-52-34-25-21-26-35-52)76-60(80)43-44-61(81)91-64(63(53-36-27-22-28-37-53)77-68(83)54-38-29-23-30-39-54)71(86)90-57-46-75(87)67(92-69(84)55-40-31-24-32-41-55)65-73(7,66(82)50(3)62(49(57)2)72(75,5)6)58(79)45-59-74(65,48-89-59)93-51(4)78/h21-32,34-41,50,56-59,63-65,67,79,87H,8-20,33,42-48H2,1-7H3,(H,76,80)(H,77,83)/t50-,56?,57+,58+,59-,63+,64-,65?,67+,73-,74+,75-/m1/s1. The van der Waals surface area contributed by atoms with Crippen LogP contribution in [0.15, 0.2) is 132 Å². The van der Waals surface area contributed by atoms with Crippen molar-refractivity contribution in [2.24, 2.45) is 22.7 Å². The minimum atomic E-state index is -2.33. The predicted molar refractivity (Wildman–Crippen MR) is 348 cm³/mol. The molecule has 3 aliphatic carbocycles. The molecular formula is C75H96N2O16. The topological polar surface area (TPSA) is 256 Å². The third-order valence-corrected chi connectivity index (χ3v) is 20.0. The first-order chi connectivity index (χ1) is 44.6. The number of unbranched alkanes of at least 4 members (excludes halogenated alkanes) is 13. The van der Waals surface area contributed by atoms with Crippen LogP contribution in [0, 0.1) is 22.7 Å². The van der Waals surface area contributed by atoms with Crippen molar-refractivity contribution in [3.8, 4) is 0 Å². The Labute approximate surface area is 547 Å². The van der Waals surface area contributed by atoms with Crippen LogP contribution in [-0.4, -0.2) is 112 Å². The van der Waals surface area contributed by atoms with Gasteiger partial charge in [0.15, 0.2) is 5.60 Å². The Bertz CT molecular complexity index is 3230. The molecule has 3 fully saturated rings. The molecule has 18 heteroatoms. The van der Waals surface area contributed by atoms with E-state index in [0.717, 1.165) is 31.2 Å². The lowest BCUT2D eigenvalue weighted by atomic mass is 9.43. The number of hydrogen-bond donors (Lipinski definition) is 4. The van der Waals surface area contributed by atoms with Crippen molar-refractivity contribution in [2.75, 3.05) is 6.61 Å². The maximum atomic E-state index is 15.7. The van der Waals surface area contributed by atoms with Gasteiger partial charge >= 0.3 is 29.8 Å². The number of carbonyl (C=O) groups is 8. The Hall–Kier alpha value is -7.54. The summed E-state index contributed by atoms with van der Waals surface area (Å²) >= 11 is 0. The van der Waals surface area contributed by atoms with Crippen molar-refractivity contribution in [2.45, 2.75) is 231 Å². The average Bonchev–Trinajstić information content (AvgIpc) is 0.672. The van der Waals surface area contributed by atoms with Crippen molar-refractivity contribution >= 4 is 47.4 Å². The Morgan fingerprint density at radius 3 is 1.80 bits per heavy atom. The van der Waals surface area contributed by atoms with Crippen molar-refractivity contribution in [3.63, 3.8) is 0 Å². The Morgan fingerprint density at radius 1 is 0.688 bits per heavy atom. The summed E-state index contributed by atoms with van der Waals surface area (Å²) in [6, 6.07) is 31.1. The second-order valence-corrected chi connectivity index (χ2v) is 26.7. The predicted octanol–water partition coefficient (Wildman–Crippen LogP) is 11.9. The molecule has 2 bridgehead atoms. The second-order valence-electron chi connectivity index (χ2n) is 26.7. The van der Waals surface area contributed by atoms with Gasteiger partial charge in [-0.05, 0) is 66.8 Å². The lowest BCUT2D eigenvalue weighted by Crippen LogP contribution is -2.81. The molecule has 0 aromatic heterocycles. The molecule has 8 rings (SSSR count). The number of rotatable bonds is 32. The number of aliphatic hydroxyl groups excluding tert-OH is 1. The van der Waals surface area contributed by atoms with Crippen molar-refractivity contribution in [3.05, 3.63) is 155 Å². The van der Waals surface area contributed by atoms with Gasteiger partial charge < -0.3 is 49.3 Å². The van der Waals surface area contributed by atoms with E-state index in [4.69, 9.17) is 28.4 Å². The fourth-order valence-corrected chi connectivity index (χ4v) is 14.8. The van der Waals surface area contributed by atoms with E-state index in [1.807, 2.05) is 30.3 Å².